The van der Waals surface area contributed by atoms with Crippen LogP contribution < -0.4 is 5.32 Å². The minimum absolute atomic E-state index is 0.0000435. The van der Waals surface area contributed by atoms with E-state index in [0.29, 0.717) is 19.8 Å². The summed E-state index contributed by atoms with van der Waals surface area (Å²) in [5.74, 6) is 0.0768. The Morgan fingerprint density at radius 2 is 2.04 bits per heavy atom. The molecule has 1 N–H and O–H groups in total. The zero-order valence-electron chi connectivity index (χ0n) is 13.5. The molecule has 1 heterocycles. The Kier molecular flexibility index (Phi) is 5.62. The average molecular weight is 320 g/mol. The Labute approximate surface area is 137 Å². The van der Waals surface area contributed by atoms with Crippen molar-refractivity contribution >= 4 is 5.91 Å². The van der Waals surface area contributed by atoms with Crippen LogP contribution in [-0.2, 0) is 9.53 Å². The van der Waals surface area contributed by atoms with Crippen LogP contribution in [-0.4, -0.2) is 43.7 Å². The third-order valence-electron chi connectivity index (χ3n) is 4.92. The van der Waals surface area contributed by atoms with Gasteiger partial charge >= 0.3 is 0 Å². The molecule has 1 aliphatic carbocycles. The highest BCUT2D eigenvalue weighted by Gasteiger charge is 2.26. The summed E-state index contributed by atoms with van der Waals surface area (Å²) in [7, 11) is 0. The molecule has 1 aromatic carbocycles. The summed E-state index contributed by atoms with van der Waals surface area (Å²) in [6.07, 6.45) is 4.28. The van der Waals surface area contributed by atoms with Crippen LogP contribution in [0.5, 0.6) is 0 Å². The second kappa shape index (κ2) is 7.88. The van der Waals surface area contributed by atoms with E-state index in [4.69, 9.17) is 4.74 Å². The minimum atomic E-state index is -0.233. The van der Waals surface area contributed by atoms with E-state index in [1.54, 1.807) is 12.1 Å². The van der Waals surface area contributed by atoms with Crippen molar-refractivity contribution in [3.8, 4) is 0 Å². The van der Waals surface area contributed by atoms with E-state index >= 15 is 0 Å². The van der Waals surface area contributed by atoms with Crippen molar-refractivity contribution in [2.24, 2.45) is 5.92 Å². The topological polar surface area (TPSA) is 41.6 Å². The van der Waals surface area contributed by atoms with Gasteiger partial charge in [0.1, 0.15) is 5.82 Å². The number of hydrogen-bond donors (Lipinski definition) is 1. The number of carbonyl (C=O) groups excluding carboxylic acids is 1. The van der Waals surface area contributed by atoms with Gasteiger partial charge in [0.25, 0.3) is 0 Å². The largest absolute Gasteiger partial charge is 0.379 e. The Hall–Kier alpha value is -1.46. The van der Waals surface area contributed by atoms with E-state index in [2.05, 4.69) is 10.2 Å². The number of halogens is 1. The molecule has 1 aromatic rings. The minimum Gasteiger partial charge on any atom is -0.379 e. The van der Waals surface area contributed by atoms with Crippen molar-refractivity contribution in [2.75, 3.05) is 32.8 Å². The van der Waals surface area contributed by atoms with Gasteiger partial charge in [-0.15, -0.1) is 0 Å². The summed E-state index contributed by atoms with van der Waals surface area (Å²) in [5.41, 5.74) is 0.915. The Balaban J connectivity index is 1.68. The van der Waals surface area contributed by atoms with E-state index in [-0.39, 0.29) is 23.7 Å². The number of amides is 1. The van der Waals surface area contributed by atoms with Gasteiger partial charge in [-0.05, 0) is 30.5 Å². The smallest absolute Gasteiger partial charge is 0.223 e. The summed E-state index contributed by atoms with van der Waals surface area (Å²) in [5, 5.41) is 3.10. The highest BCUT2D eigenvalue weighted by molar-refractivity contribution is 5.78. The van der Waals surface area contributed by atoms with Crippen molar-refractivity contribution in [2.45, 2.75) is 31.7 Å². The molecule has 1 saturated heterocycles. The standard InChI is InChI=1S/C18H25FN2O2/c19-16-7-3-6-15(12-16)17(21-8-10-23-11-9-21)13-20-18(22)14-4-1-2-5-14/h3,6-7,12,14,17H,1-2,4-5,8-11,13H2,(H,20,22). The van der Waals surface area contributed by atoms with Gasteiger partial charge in [0.2, 0.25) is 5.91 Å². The number of nitrogens with one attached hydrogen (secondary N) is 1. The molecular formula is C18H25FN2O2. The van der Waals surface area contributed by atoms with Crippen LogP contribution in [0.2, 0.25) is 0 Å². The molecule has 1 atom stereocenters. The van der Waals surface area contributed by atoms with Crippen LogP contribution >= 0.6 is 0 Å². The van der Waals surface area contributed by atoms with Gasteiger partial charge in [-0.2, -0.15) is 0 Å². The molecule has 23 heavy (non-hydrogen) atoms. The third-order valence-corrected chi connectivity index (χ3v) is 4.92. The van der Waals surface area contributed by atoms with Crippen LogP contribution in [0, 0.1) is 11.7 Å². The van der Waals surface area contributed by atoms with Gasteiger partial charge in [-0.25, -0.2) is 4.39 Å². The number of ether oxygens (including phenoxy) is 1. The molecular weight excluding hydrogens is 295 g/mol. The molecule has 4 nitrogen and oxygen atoms in total. The van der Waals surface area contributed by atoms with Crippen LogP contribution in [0.15, 0.2) is 24.3 Å². The van der Waals surface area contributed by atoms with Crippen LogP contribution in [0.3, 0.4) is 0 Å². The van der Waals surface area contributed by atoms with Crippen molar-refractivity contribution in [3.05, 3.63) is 35.6 Å². The summed E-state index contributed by atoms with van der Waals surface area (Å²) in [6, 6.07) is 6.70. The molecule has 0 aromatic heterocycles. The zero-order chi connectivity index (χ0) is 16.1. The number of nitrogens with zero attached hydrogens (tertiary/aromatic N) is 1. The lowest BCUT2D eigenvalue weighted by Crippen LogP contribution is -2.44. The van der Waals surface area contributed by atoms with E-state index in [9.17, 15) is 9.18 Å². The van der Waals surface area contributed by atoms with Gasteiger partial charge in [0, 0.05) is 25.6 Å². The fourth-order valence-electron chi connectivity index (χ4n) is 3.59. The molecule has 0 spiro atoms. The summed E-state index contributed by atoms with van der Waals surface area (Å²) >= 11 is 0. The summed E-state index contributed by atoms with van der Waals surface area (Å²) < 4.78 is 19.0. The van der Waals surface area contributed by atoms with Gasteiger partial charge in [-0.1, -0.05) is 25.0 Å². The maximum absolute atomic E-state index is 13.6. The van der Waals surface area contributed by atoms with Crippen LogP contribution in [0.1, 0.15) is 37.3 Å². The molecule has 1 aliphatic heterocycles. The lowest BCUT2D eigenvalue weighted by atomic mass is 10.0. The fraction of sp³-hybridized carbons (Fsp3) is 0.611. The van der Waals surface area contributed by atoms with Crippen LogP contribution in [0.25, 0.3) is 0 Å². The SMILES string of the molecule is O=C(NCC(c1cccc(F)c1)N1CCOCC1)C1CCCC1. The quantitative estimate of drug-likeness (QED) is 0.906. The molecule has 5 heteroatoms. The third kappa shape index (κ3) is 4.30. The number of rotatable bonds is 5. The van der Waals surface area contributed by atoms with E-state index in [1.807, 2.05) is 6.07 Å². The number of benzene rings is 1. The summed E-state index contributed by atoms with van der Waals surface area (Å²) in [4.78, 5) is 14.6. The number of morpholine rings is 1. The molecule has 1 amide bonds. The average Bonchev–Trinajstić information content (AvgIpc) is 3.10. The Bertz CT molecular complexity index is 526. The van der Waals surface area contributed by atoms with Gasteiger partial charge < -0.3 is 10.1 Å². The lowest BCUT2D eigenvalue weighted by Gasteiger charge is -2.35. The van der Waals surface area contributed by atoms with Crippen molar-refractivity contribution in [3.63, 3.8) is 0 Å². The normalized spacial score (nSPS) is 21.3. The first-order valence-electron chi connectivity index (χ1n) is 8.59. The van der Waals surface area contributed by atoms with Crippen molar-refractivity contribution < 1.29 is 13.9 Å². The van der Waals surface area contributed by atoms with Crippen molar-refractivity contribution in [1.82, 2.24) is 10.2 Å². The molecule has 126 valence electrons. The zero-order valence-corrected chi connectivity index (χ0v) is 13.5. The molecule has 0 bridgehead atoms. The summed E-state index contributed by atoms with van der Waals surface area (Å²) in [6.45, 7) is 3.50. The highest BCUT2D eigenvalue weighted by Crippen LogP contribution is 2.26. The number of carbonyl (C=O) groups is 1. The first kappa shape index (κ1) is 16.4. The first-order valence-corrected chi connectivity index (χ1v) is 8.59. The monoisotopic (exact) mass is 320 g/mol. The molecule has 2 fully saturated rings. The fourth-order valence-corrected chi connectivity index (χ4v) is 3.59. The van der Waals surface area contributed by atoms with Gasteiger partial charge in [-0.3, -0.25) is 9.69 Å². The highest BCUT2D eigenvalue weighted by atomic mass is 19.1. The molecule has 2 aliphatic rings. The lowest BCUT2D eigenvalue weighted by molar-refractivity contribution is -0.125. The van der Waals surface area contributed by atoms with Gasteiger partial charge in [0.05, 0.1) is 19.3 Å². The molecule has 1 saturated carbocycles. The first-order chi connectivity index (χ1) is 11.2. The predicted octanol–water partition coefficient (Wildman–Crippen LogP) is 2.51. The Morgan fingerprint density at radius 3 is 2.74 bits per heavy atom. The van der Waals surface area contributed by atoms with Crippen molar-refractivity contribution in [1.29, 1.82) is 0 Å². The van der Waals surface area contributed by atoms with E-state index in [1.165, 1.54) is 6.07 Å². The molecule has 0 radical (unpaired) electrons. The predicted molar refractivity (Wildman–Crippen MR) is 86.5 cm³/mol. The van der Waals surface area contributed by atoms with Crippen LogP contribution in [0.4, 0.5) is 4.39 Å². The maximum atomic E-state index is 13.6. The second-order valence-corrected chi connectivity index (χ2v) is 6.45. The molecule has 3 rings (SSSR count). The maximum Gasteiger partial charge on any atom is 0.223 e. The van der Waals surface area contributed by atoms with E-state index in [0.717, 1.165) is 44.3 Å². The second-order valence-electron chi connectivity index (χ2n) is 6.45. The van der Waals surface area contributed by atoms with E-state index < -0.39 is 0 Å². The molecule has 1 unspecified atom stereocenters. The Morgan fingerprint density at radius 1 is 1.30 bits per heavy atom. The van der Waals surface area contributed by atoms with Gasteiger partial charge in [0.15, 0.2) is 0 Å². The number of hydrogen-bond acceptors (Lipinski definition) is 3.